The number of hydrogen-bond donors (Lipinski definition) is 2. The van der Waals surface area contributed by atoms with E-state index in [2.05, 4.69) is 48.0 Å². The first-order chi connectivity index (χ1) is 15.0. The van der Waals surface area contributed by atoms with Crippen molar-refractivity contribution in [3.63, 3.8) is 0 Å². The fraction of sp³-hybridized carbons (Fsp3) is 0.731. The van der Waals surface area contributed by atoms with Gasteiger partial charge in [0.2, 0.25) is 0 Å². The molecule has 0 aromatic heterocycles. The Labute approximate surface area is 189 Å². The third-order valence-electron chi connectivity index (χ3n) is 7.69. The molecule has 2 saturated carbocycles. The quantitative estimate of drug-likeness (QED) is 0.549. The fourth-order valence-corrected chi connectivity index (χ4v) is 5.88. The van der Waals surface area contributed by atoms with Crippen LogP contribution in [0, 0.1) is 20.8 Å². The van der Waals surface area contributed by atoms with Crippen LogP contribution in [0.5, 0.6) is 0 Å². The number of aliphatic imine (C=N–C) groups is 1. The summed E-state index contributed by atoms with van der Waals surface area (Å²) in [6.45, 7) is 11.0. The van der Waals surface area contributed by atoms with Crippen LogP contribution >= 0.6 is 0 Å². The lowest BCUT2D eigenvalue weighted by Crippen LogP contribution is -2.54. The molecule has 2 aliphatic carbocycles. The van der Waals surface area contributed by atoms with Gasteiger partial charge in [0.25, 0.3) is 0 Å². The van der Waals surface area contributed by atoms with Crippen LogP contribution in [0.2, 0.25) is 0 Å². The third-order valence-corrected chi connectivity index (χ3v) is 7.69. The lowest BCUT2D eigenvalue weighted by Gasteiger charge is -2.42. The van der Waals surface area contributed by atoms with Crippen LogP contribution in [0.3, 0.4) is 0 Å². The lowest BCUT2D eigenvalue weighted by atomic mass is 9.91. The summed E-state index contributed by atoms with van der Waals surface area (Å²) in [4.78, 5) is 10.5. The van der Waals surface area contributed by atoms with Gasteiger partial charge in [-0.15, -0.1) is 0 Å². The van der Waals surface area contributed by atoms with Gasteiger partial charge in [-0.1, -0.05) is 49.8 Å². The molecule has 1 aromatic rings. The second kappa shape index (κ2) is 10.4. The SMILES string of the molecule is Cc1cc(C)c(NC(=N[C@H]2CCCC[C@@H]2N)N2CCN(C3CCCCC3)CC2)c(C)c1. The van der Waals surface area contributed by atoms with E-state index >= 15 is 0 Å². The largest absolute Gasteiger partial charge is 0.340 e. The maximum atomic E-state index is 6.49. The van der Waals surface area contributed by atoms with Crippen molar-refractivity contribution < 1.29 is 0 Å². The Hall–Kier alpha value is -1.59. The van der Waals surface area contributed by atoms with Gasteiger partial charge in [-0.25, -0.2) is 4.99 Å². The molecular weight excluding hydrogens is 382 g/mol. The smallest absolute Gasteiger partial charge is 0.198 e. The van der Waals surface area contributed by atoms with Gasteiger partial charge in [-0.2, -0.15) is 0 Å². The van der Waals surface area contributed by atoms with Gasteiger partial charge in [-0.05, 0) is 57.6 Å². The molecule has 0 amide bonds. The zero-order valence-corrected chi connectivity index (χ0v) is 20.0. The molecule has 1 aliphatic heterocycles. The van der Waals surface area contributed by atoms with Gasteiger partial charge in [0.1, 0.15) is 0 Å². The Balaban J connectivity index is 1.52. The summed E-state index contributed by atoms with van der Waals surface area (Å²) in [5.74, 6) is 1.04. The van der Waals surface area contributed by atoms with Crippen LogP contribution in [0.4, 0.5) is 5.69 Å². The van der Waals surface area contributed by atoms with Crippen molar-refractivity contribution >= 4 is 11.6 Å². The lowest BCUT2D eigenvalue weighted by molar-refractivity contribution is 0.107. The van der Waals surface area contributed by atoms with Crippen LogP contribution in [-0.4, -0.2) is 60.1 Å². The standard InChI is InChI=1S/C26H43N5/c1-19-17-20(2)25(21(3)18-19)29-26(28-24-12-8-7-11-23(24)27)31-15-13-30(14-16-31)22-9-5-4-6-10-22/h17-18,22-24H,4-16,27H2,1-3H3,(H,28,29)/t23-,24-/m0/s1. The van der Waals surface area contributed by atoms with Gasteiger partial charge in [0.05, 0.1) is 6.04 Å². The molecule has 3 fully saturated rings. The summed E-state index contributed by atoms with van der Waals surface area (Å²) in [5, 5.41) is 3.78. The Kier molecular flexibility index (Phi) is 7.55. The van der Waals surface area contributed by atoms with Gasteiger partial charge < -0.3 is 16.0 Å². The molecule has 3 N–H and O–H groups in total. The number of rotatable bonds is 3. The summed E-state index contributed by atoms with van der Waals surface area (Å²) in [6, 6.07) is 5.76. The summed E-state index contributed by atoms with van der Waals surface area (Å²) >= 11 is 0. The van der Waals surface area contributed by atoms with E-state index < -0.39 is 0 Å². The van der Waals surface area contributed by atoms with Crippen molar-refractivity contribution in [1.82, 2.24) is 9.80 Å². The molecule has 31 heavy (non-hydrogen) atoms. The topological polar surface area (TPSA) is 56.9 Å². The molecule has 1 heterocycles. The fourth-order valence-electron chi connectivity index (χ4n) is 5.88. The number of anilines is 1. The molecule has 0 unspecified atom stereocenters. The summed E-state index contributed by atoms with van der Waals surface area (Å²) in [5.41, 5.74) is 11.6. The van der Waals surface area contributed by atoms with Crippen molar-refractivity contribution in [2.24, 2.45) is 10.7 Å². The molecule has 5 heteroatoms. The van der Waals surface area contributed by atoms with Crippen LogP contribution in [0.15, 0.2) is 17.1 Å². The van der Waals surface area contributed by atoms with Crippen molar-refractivity contribution in [2.45, 2.75) is 96.7 Å². The molecule has 4 rings (SSSR count). The highest BCUT2D eigenvalue weighted by atomic mass is 15.4. The normalized spacial score (nSPS) is 26.8. The van der Waals surface area contributed by atoms with Crippen molar-refractivity contribution in [2.75, 3.05) is 31.5 Å². The summed E-state index contributed by atoms with van der Waals surface area (Å²) < 4.78 is 0. The first kappa shape index (κ1) is 22.6. The monoisotopic (exact) mass is 425 g/mol. The minimum atomic E-state index is 0.189. The van der Waals surface area contributed by atoms with E-state index in [1.54, 1.807) is 0 Å². The molecule has 0 spiro atoms. The van der Waals surface area contributed by atoms with Crippen LogP contribution in [0.25, 0.3) is 0 Å². The number of piperazine rings is 1. The Morgan fingerprint density at radius 3 is 2.13 bits per heavy atom. The maximum absolute atomic E-state index is 6.49. The Morgan fingerprint density at radius 1 is 0.871 bits per heavy atom. The first-order valence-corrected chi connectivity index (χ1v) is 12.7. The first-order valence-electron chi connectivity index (χ1n) is 12.7. The number of nitrogens with zero attached hydrogens (tertiary/aromatic N) is 3. The van der Waals surface area contributed by atoms with Crippen molar-refractivity contribution in [3.05, 3.63) is 28.8 Å². The van der Waals surface area contributed by atoms with E-state index in [4.69, 9.17) is 10.7 Å². The second-order valence-corrected chi connectivity index (χ2v) is 10.2. The average molecular weight is 426 g/mol. The van der Waals surface area contributed by atoms with Crippen LogP contribution < -0.4 is 11.1 Å². The summed E-state index contributed by atoms with van der Waals surface area (Å²) in [6.07, 6.45) is 11.7. The molecular formula is C26H43N5. The highest BCUT2D eigenvalue weighted by molar-refractivity contribution is 5.95. The number of benzene rings is 1. The minimum absolute atomic E-state index is 0.189. The molecule has 0 bridgehead atoms. The molecule has 1 aromatic carbocycles. The number of aryl methyl sites for hydroxylation is 3. The average Bonchev–Trinajstić information content (AvgIpc) is 2.77. The number of nitrogens with two attached hydrogens (primary N) is 1. The minimum Gasteiger partial charge on any atom is -0.340 e. The molecule has 0 radical (unpaired) electrons. The molecule has 5 nitrogen and oxygen atoms in total. The number of guanidine groups is 1. The van der Waals surface area contributed by atoms with Crippen molar-refractivity contribution in [1.29, 1.82) is 0 Å². The van der Waals surface area contributed by atoms with E-state index in [1.165, 1.54) is 67.3 Å². The zero-order valence-electron chi connectivity index (χ0n) is 20.0. The number of hydrogen-bond acceptors (Lipinski definition) is 3. The van der Waals surface area contributed by atoms with Crippen LogP contribution in [0.1, 0.15) is 74.5 Å². The van der Waals surface area contributed by atoms with E-state index in [1.807, 2.05) is 0 Å². The molecule has 1 saturated heterocycles. The highest BCUT2D eigenvalue weighted by Gasteiger charge is 2.28. The Bertz CT molecular complexity index is 736. The predicted octanol–water partition coefficient (Wildman–Crippen LogP) is 4.60. The maximum Gasteiger partial charge on any atom is 0.198 e. The van der Waals surface area contributed by atoms with Gasteiger partial charge >= 0.3 is 0 Å². The second-order valence-electron chi connectivity index (χ2n) is 10.2. The summed E-state index contributed by atoms with van der Waals surface area (Å²) in [7, 11) is 0. The highest BCUT2D eigenvalue weighted by Crippen LogP contribution is 2.26. The Morgan fingerprint density at radius 2 is 1.48 bits per heavy atom. The van der Waals surface area contributed by atoms with Gasteiger partial charge in [0.15, 0.2) is 5.96 Å². The van der Waals surface area contributed by atoms with Gasteiger partial charge in [0, 0.05) is 44.0 Å². The molecule has 3 aliphatic rings. The van der Waals surface area contributed by atoms with Crippen molar-refractivity contribution in [3.8, 4) is 0 Å². The van der Waals surface area contributed by atoms with E-state index in [0.29, 0.717) is 0 Å². The third kappa shape index (κ3) is 5.61. The molecule has 2 atom stereocenters. The van der Waals surface area contributed by atoms with E-state index in [0.717, 1.165) is 51.0 Å². The van der Waals surface area contributed by atoms with E-state index in [-0.39, 0.29) is 12.1 Å². The van der Waals surface area contributed by atoms with Gasteiger partial charge in [-0.3, -0.25) is 4.90 Å². The van der Waals surface area contributed by atoms with E-state index in [9.17, 15) is 0 Å². The number of nitrogens with one attached hydrogen (secondary N) is 1. The molecule has 172 valence electrons. The predicted molar refractivity (Wildman–Crippen MR) is 132 cm³/mol. The zero-order chi connectivity index (χ0) is 21.8. The van der Waals surface area contributed by atoms with Crippen LogP contribution in [-0.2, 0) is 0 Å².